The van der Waals surface area contributed by atoms with E-state index in [-0.39, 0.29) is 5.75 Å². The van der Waals surface area contributed by atoms with Crippen LogP contribution in [0.2, 0.25) is 0 Å². The topological polar surface area (TPSA) is 57.5 Å². The van der Waals surface area contributed by atoms with Crippen molar-refractivity contribution in [2.24, 2.45) is 0 Å². The highest BCUT2D eigenvalue weighted by molar-refractivity contribution is 7.78. The second kappa shape index (κ2) is 6.41. The minimum Gasteiger partial charge on any atom is -0.508 e. The molecule has 0 heterocycles. The molecule has 0 radical (unpaired) electrons. The number of hydrogen-bond acceptors (Lipinski definition) is 3. The molecule has 0 amide bonds. The van der Waals surface area contributed by atoms with Gasteiger partial charge >= 0.3 is 0 Å². The van der Waals surface area contributed by atoms with Crippen LogP contribution < -0.4 is 10.6 Å². The summed E-state index contributed by atoms with van der Waals surface area (Å²) in [4.78, 5) is 0. The number of phenols is 1. The third kappa shape index (κ3) is 2.94. The van der Waals surface area contributed by atoms with Crippen molar-refractivity contribution in [2.75, 3.05) is 0 Å². The Bertz CT molecular complexity index is 771. The van der Waals surface area contributed by atoms with Crippen LogP contribution in [0.1, 0.15) is 11.4 Å². The van der Waals surface area contributed by atoms with Crippen molar-refractivity contribution in [3.05, 3.63) is 90.5 Å². The fourth-order valence-electron chi connectivity index (χ4n) is 2.59. The van der Waals surface area contributed by atoms with Crippen molar-refractivity contribution >= 4 is 17.8 Å². The van der Waals surface area contributed by atoms with Gasteiger partial charge in [-0.1, -0.05) is 72.8 Å². The van der Waals surface area contributed by atoms with Crippen molar-refractivity contribution in [3.8, 4) is 5.75 Å². The molecular weight excluding hydrogens is 307 g/mol. The largest absolute Gasteiger partial charge is 0.508 e. The maximum absolute atomic E-state index is 13.9. The van der Waals surface area contributed by atoms with Gasteiger partial charge in [0.15, 0.2) is 7.14 Å². The van der Waals surface area contributed by atoms with E-state index < -0.39 is 13.0 Å². The van der Waals surface area contributed by atoms with Crippen LogP contribution in [-0.4, -0.2) is 10.2 Å². The Kier molecular flexibility index (Phi) is 4.33. The van der Waals surface area contributed by atoms with E-state index in [9.17, 15) is 14.8 Å². The van der Waals surface area contributed by atoms with Crippen molar-refractivity contribution in [1.29, 1.82) is 0 Å². The quantitative estimate of drug-likeness (QED) is 0.723. The Hall–Kier alpha value is -2.35. The summed E-state index contributed by atoms with van der Waals surface area (Å²) in [6, 6.07) is 24.2. The Balaban J connectivity index is 2.16. The minimum atomic E-state index is -3.28. The van der Waals surface area contributed by atoms with Gasteiger partial charge < -0.3 is 14.8 Å². The first-order valence-electron chi connectivity index (χ1n) is 7.30. The van der Waals surface area contributed by atoms with Crippen LogP contribution in [0.5, 0.6) is 5.75 Å². The first-order chi connectivity index (χ1) is 11.1. The highest BCUT2D eigenvalue weighted by Crippen LogP contribution is 2.55. The Morgan fingerprint density at radius 1 is 0.696 bits per heavy atom. The van der Waals surface area contributed by atoms with Gasteiger partial charge in [0.2, 0.25) is 0 Å². The molecule has 3 aromatic rings. The fraction of sp³-hybridized carbons (Fsp3) is 0.0526. The van der Waals surface area contributed by atoms with Crippen molar-refractivity contribution in [3.63, 3.8) is 0 Å². The van der Waals surface area contributed by atoms with Gasteiger partial charge in [-0.3, -0.25) is 0 Å². The van der Waals surface area contributed by atoms with Crippen LogP contribution in [0.4, 0.5) is 0 Å². The molecule has 1 atom stereocenters. The number of aliphatic hydroxyl groups excluding tert-OH is 1. The molecule has 0 aliphatic carbocycles. The van der Waals surface area contributed by atoms with Gasteiger partial charge in [0.1, 0.15) is 11.6 Å². The molecule has 0 aliphatic heterocycles. The van der Waals surface area contributed by atoms with E-state index in [1.165, 1.54) is 12.1 Å². The number of hydrogen-bond donors (Lipinski definition) is 2. The maximum atomic E-state index is 13.9. The molecule has 0 saturated carbocycles. The van der Waals surface area contributed by atoms with Gasteiger partial charge in [0, 0.05) is 10.6 Å². The molecule has 0 saturated heterocycles. The summed E-state index contributed by atoms with van der Waals surface area (Å²) in [5, 5.41) is 21.5. The molecule has 3 aromatic carbocycles. The van der Waals surface area contributed by atoms with E-state index in [0.717, 1.165) is 0 Å². The molecular formula is C19H17O3P. The number of aromatic hydroxyl groups is 1. The van der Waals surface area contributed by atoms with E-state index in [4.69, 9.17) is 0 Å². The second-order valence-electron chi connectivity index (χ2n) is 5.29. The van der Waals surface area contributed by atoms with Crippen LogP contribution in [-0.2, 0) is 4.57 Å². The lowest BCUT2D eigenvalue weighted by atomic mass is 10.2. The summed E-state index contributed by atoms with van der Waals surface area (Å²) >= 11 is 0. The average molecular weight is 324 g/mol. The van der Waals surface area contributed by atoms with Gasteiger partial charge in [0.25, 0.3) is 0 Å². The smallest absolute Gasteiger partial charge is 0.174 e. The number of aliphatic hydroxyl groups is 1. The predicted octanol–water partition coefficient (Wildman–Crippen LogP) is 3.40. The average Bonchev–Trinajstić information content (AvgIpc) is 2.62. The third-order valence-electron chi connectivity index (χ3n) is 3.82. The van der Waals surface area contributed by atoms with Gasteiger partial charge in [-0.05, 0) is 17.7 Å². The fourth-order valence-corrected chi connectivity index (χ4v) is 5.27. The van der Waals surface area contributed by atoms with Crippen LogP contribution in [0, 0.1) is 0 Å². The summed E-state index contributed by atoms with van der Waals surface area (Å²) < 4.78 is 13.9. The molecule has 0 aromatic heterocycles. The standard InChI is InChI=1S/C19H17O3P/c20-16-13-11-15(12-14-16)19(21)23(22,17-7-3-1-4-8-17)18-9-5-2-6-10-18/h1-14,19-21H. The third-order valence-corrected chi connectivity index (χ3v) is 6.93. The SMILES string of the molecule is O=P(c1ccccc1)(c1ccccc1)C(O)c1ccc(O)cc1. The molecule has 3 rings (SSSR count). The van der Waals surface area contributed by atoms with Crippen LogP contribution >= 0.6 is 7.14 Å². The zero-order valence-corrected chi connectivity index (χ0v) is 13.3. The first kappa shape index (κ1) is 15.5. The Morgan fingerprint density at radius 2 is 1.13 bits per heavy atom. The lowest BCUT2D eigenvalue weighted by Gasteiger charge is -2.25. The summed E-state index contributed by atoms with van der Waals surface area (Å²) in [5.41, 5.74) is 0.513. The summed E-state index contributed by atoms with van der Waals surface area (Å²) in [5.74, 6) is -1.07. The molecule has 2 N–H and O–H groups in total. The zero-order chi connectivity index (χ0) is 16.3. The molecule has 3 nitrogen and oxygen atoms in total. The van der Waals surface area contributed by atoms with E-state index in [2.05, 4.69) is 0 Å². The number of phenolic OH excluding ortho intramolecular Hbond substituents is 1. The molecule has 0 aliphatic rings. The van der Waals surface area contributed by atoms with Gasteiger partial charge in [-0.25, -0.2) is 0 Å². The Labute approximate surface area is 135 Å². The van der Waals surface area contributed by atoms with E-state index in [1.807, 2.05) is 36.4 Å². The van der Waals surface area contributed by atoms with Crippen LogP contribution in [0.15, 0.2) is 84.9 Å². The highest BCUT2D eigenvalue weighted by Gasteiger charge is 2.36. The lowest BCUT2D eigenvalue weighted by Crippen LogP contribution is -2.21. The normalized spacial score (nSPS) is 12.7. The zero-order valence-electron chi connectivity index (χ0n) is 12.4. The van der Waals surface area contributed by atoms with Gasteiger partial charge in [-0.15, -0.1) is 0 Å². The molecule has 0 spiro atoms. The summed E-state index contributed by atoms with van der Waals surface area (Å²) in [6.45, 7) is 0. The lowest BCUT2D eigenvalue weighted by molar-refractivity contribution is 0.256. The van der Waals surface area contributed by atoms with Crippen LogP contribution in [0.25, 0.3) is 0 Å². The number of benzene rings is 3. The van der Waals surface area contributed by atoms with Gasteiger partial charge in [-0.2, -0.15) is 0 Å². The molecule has 0 fully saturated rings. The summed E-state index contributed by atoms with van der Waals surface area (Å²) in [7, 11) is -3.28. The molecule has 4 heteroatoms. The highest BCUT2D eigenvalue weighted by atomic mass is 31.2. The van der Waals surface area contributed by atoms with Crippen LogP contribution in [0.3, 0.4) is 0 Å². The van der Waals surface area contributed by atoms with Gasteiger partial charge in [0.05, 0.1) is 0 Å². The molecule has 1 unspecified atom stereocenters. The van der Waals surface area contributed by atoms with Crippen molar-refractivity contribution in [1.82, 2.24) is 0 Å². The van der Waals surface area contributed by atoms with E-state index in [0.29, 0.717) is 16.2 Å². The second-order valence-corrected chi connectivity index (χ2v) is 8.13. The minimum absolute atomic E-state index is 0.107. The number of rotatable bonds is 4. The molecule has 23 heavy (non-hydrogen) atoms. The molecule has 116 valence electrons. The molecule has 0 bridgehead atoms. The summed E-state index contributed by atoms with van der Waals surface area (Å²) in [6.07, 6.45) is 0. The van der Waals surface area contributed by atoms with Crippen molar-refractivity contribution in [2.45, 2.75) is 5.85 Å². The van der Waals surface area contributed by atoms with E-state index in [1.54, 1.807) is 36.4 Å². The van der Waals surface area contributed by atoms with Crippen molar-refractivity contribution < 1.29 is 14.8 Å². The van der Waals surface area contributed by atoms with E-state index >= 15 is 0 Å². The Morgan fingerprint density at radius 3 is 1.57 bits per heavy atom. The monoisotopic (exact) mass is 324 g/mol. The maximum Gasteiger partial charge on any atom is 0.174 e. The first-order valence-corrected chi connectivity index (χ1v) is 9.08. The predicted molar refractivity (Wildman–Crippen MR) is 92.8 cm³/mol.